The molecule has 35 heavy (non-hydrogen) atoms. The summed E-state index contributed by atoms with van der Waals surface area (Å²) in [6.45, 7) is 14.8. The third kappa shape index (κ3) is 6.16. The number of thiophene rings is 1. The van der Waals surface area contributed by atoms with Crippen molar-refractivity contribution in [3.05, 3.63) is 30.2 Å². The Morgan fingerprint density at radius 1 is 1.17 bits per heavy atom. The molecule has 0 aliphatic heterocycles. The first-order chi connectivity index (χ1) is 16.9. The number of anilines is 1. The van der Waals surface area contributed by atoms with Gasteiger partial charge in [0.05, 0.1) is 10.3 Å². The molecule has 0 radical (unpaired) electrons. The van der Waals surface area contributed by atoms with E-state index in [-0.39, 0.29) is 0 Å². The smallest absolute Gasteiger partial charge is 0.199 e. The lowest BCUT2D eigenvalue weighted by atomic mass is 10.1. The number of aryl methyl sites for hydroxylation is 2. The number of nitrogens with zero attached hydrogens (tertiary/aromatic N) is 7. The zero-order valence-electron chi connectivity index (χ0n) is 22.0. The fraction of sp³-hybridized carbons (Fsp3) is 0.458. The molecule has 4 heterocycles. The number of rotatable bonds is 7. The Hall–Kier alpha value is -3.47. The summed E-state index contributed by atoms with van der Waals surface area (Å²) in [7, 11) is 1.92. The maximum Gasteiger partial charge on any atom is 0.199 e. The van der Waals surface area contributed by atoms with Crippen LogP contribution in [0.3, 0.4) is 0 Å². The average molecular weight is 499 g/mol. The van der Waals surface area contributed by atoms with Crippen LogP contribution in [0.15, 0.2) is 29.8 Å². The van der Waals surface area contributed by atoms with Gasteiger partial charge in [-0.15, -0.1) is 11.3 Å². The molecule has 0 fully saturated rings. The van der Waals surface area contributed by atoms with Crippen molar-refractivity contribution < 1.29 is 0 Å². The third-order valence-electron chi connectivity index (χ3n) is 5.02. The maximum atomic E-state index is 5.74. The Bertz CT molecular complexity index is 1250. The van der Waals surface area contributed by atoms with E-state index in [1.807, 2.05) is 62.5 Å². The fourth-order valence-corrected chi connectivity index (χ4v) is 4.46. The van der Waals surface area contributed by atoms with Gasteiger partial charge in [-0.25, -0.2) is 15.0 Å². The maximum absolute atomic E-state index is 5.74. The van der Waals surface area contributed by atoms with Crippen molar-refractivity contribution >= 4 is 33.2 Å². The second-order valence-electron chi connectivity index (χ2n) is 7.57. The van der Waals surface area contributed by atoms with Gasteiger partial charge < -0.3 is 21.5 Å². The first-order valence-corrected chi connectivity index (χ1v) is 12.8. The van der Waals surface area contributed by atoms with Crippen LogP contribution in [0.5, 0.6) is 0 Å². The highest BCUT2D eigenvalue weighted by Gasteiger charge is 2.20. The molecular weight excluding hydrogens is 460 g/mol. The summed E-state index contributed by atoms with van der Waals surface area (Å²) in [6.07, 6.45) is 6.12. The van der Waals surface area contributed by atoms with Crippen LogP contribution in [0.4, 0.5) is 5.82 Å². The van der Waals surface area contributed by atoms with Gasteiger partial charge in [-0.2, -0.15) is 10.2 Å². The molecule has 4 rings (SSSR count). The number of hydrogen-bond acceptors (Lipinski definition) is 8. The van der Waals surface area contributed by atoms with Gasteiger partial charge in [-0.1, -0.05) is 27.7 Å². The topological polar surface area (TPSA) is 138 Å². The highest BCUT2D eigenvalue weighted by Crippen LogP contribution is 2.40. The lowest BCUT2D eigenvalue weighted by Gasteiger charge is -2.09. The minimum absolute atomic E-state index is 0.296. The number of imidazole rings is 1. The van der Waals surface area contributed by atoms with E-state index in [2.05, 4.69) is 36.2 Å². The van der Waals surface area contributed by atoms with Gasteiger partial charge in [0.15, 0.2) is 11.6 Å². The summed E-state index contributed by atoms with van der Waals surface area (Å²) in [5, 5.41) is 12.6. The van der Waals surface area contributed by atoms with E-state index in [0.29, 0.717) is 36.5 Å². The second-order valence-corrected chi connectivity index (χ2v) is 8.56. The molecule has 0 bridgehead atoms. The lowest BCUT2D eigenvalue weighted by molar-refractivity contribution is 0.534. The van der Waals surface area contributed by atoms with Gasteiger partial charge in [-0.05, 0) is 32.4 Å². The lowest BCUT2D eigenvalue weighted by Crippen LogP contribution is -2.19. The predicted octanol–water partition coefficient (Wildman–Crippen LogP) is 4.93. The number of aromatic nitrogens is 6. The second kappa shape index (κ2) is 12.8. The molecule has 10 nitrogen and oxygen atoms in total. The summed E-state index contributed by atoms with van der Waals surface area (Å²) in [5.41, 5.74) is 7.76. The van der Waals surface area contributed by atoms with Crippen LogP contribution in [0.25, 0.3) is 32.4 Å². The number of fused-ring (bicyclic) bond motifs is 1. The molecule has 5 N–H and O–H groups in total. The molecule has 0 saturated heterocycles. The van der Waals surface area contributed by atoms with Crippen molar-refractivity contribution in [2.45, 2.75) is 60.9 Å². The van der Waals surface area contributed by atoms with Crippen molar-refractivity contribution in [3.8, 4) is 22.2 Å². The van der Waals surface area contributed by atoms with Crippen LogP contribution < -0.4 is 16.9 Å². The molecule has 0 aromatic carbocycles. The summed E-state index contributed by atoms with van der Waals surface area (Å²) >= 11 is 1.61. The third-order valence-corrected chi connectivity index (χ3v) is 6.23. The molecule has 190 valence electrons. The normalized spacial score (nSPS) is 11.2. The average Bonchev–Trinajstić information content (AvgIpc) is 3.60. The van der Waals surface area contributed by atoms with Crippen molar-refractivity contribution in [1.82, 2.24) is 29.3 Å². The number of nitrogens with two attached hydrogens (primary N) is 2. The molecule has 4 aromatic rings. The Labute approximate surface area is 211 Å². The summed E-state index contributed by atoms with van der Waals surface area (Å²) < 4.78 is 3.86. The molecule has 0 saturated carbocycles. The largest absolute Gasteiger partial charge is 0.386 e. The minimum atomic E-state index is 0.296. The molecule has 0 unspecified atom stereocenters. The van der Waals surface area contributed by atoms with Crippen LogP contribution >= 0.6 is 11.3 Å². The number of amidine groups is 1. The van der Waals surface area contributed by atoms with Gasteiger partial charge in [0, 0.05) is 44.6 Å². The van der Waals surface area contributed by atoms with Crippen molar-refractivity contribution in [1.29, 1.82) is 0 Å². The summed E-state index contributed by atoms with van der Waals surface area (Å²) in [4.78, 5) is 16.0. The highest BCUT2D eigenvalue weighted by atomic mass is 32.1. The van der Waals surface area contributed by atoms with Crippen LogP contribution in [-0.4, -0.2) is 41.7 Å². The molecule has 0 aliphatic carbocycles. The van der Waals surface area contributed by atoms with E-state index < -0.39 is 0 Å². The number of hydrogen-bond donors (Lipinski definition) is 3. The van der Waals surface area contributed by atoms with Crippen LogP contribution in [-0.2, 0) is 7.05 Å². The van der Waals surface area contributed by atoms with E-state index in [4.69, 9.17) is 26.6 Å². The molecule has 0 spiro atoms. The van der Waals surface area contributed by atoms with E-state index in [1.54, 1.807) is 17.5 Å². The Morgan fingerprint density at radius 3 is 2.46 bits per heavy atom. The quantitative estimate of drug-likeness (QED) is 0.142. The van der Waals surface area contributed by atoms with E-state index in [0.717, 1.165) is 32.2 Å². The molecule has 4 aromatic heterocycles. The van der Waals surface area contributed by atoms with Crippen molar-refractivity contribution in [2.75, 3.05) is 11.9 Å². The molecule has 0 atom stereocenters. The first-order valence-electron chi connectivity index (χ1n) is 12.0. The summed E-state index contributed by atoms with van der Waals surface area (Å²) in [6, 6.07) is 2.33. The Balaban J connectivity index is 0.00000103. The van der Waals surface area contributed by atoms with Gasteiger partial charge in [0.1, 0.15) is 22.2 Å². The molecular formula is C24H38N10S. The standard InChI is InChI=1S/C20H26N10S.2C2H6/c1-11(2)30-9-6-13(28-30)16-12(3)15-17(23-7-5-14(21)27-22)25-18(26-20(15)31-16)19-24-8-10-29(19)4;2*1-2/h6,8-11H,5,7,22H2,1-4H3,(H2,21,27)(H,23,25,26);2*1-2H3. The highest BCUT2D eigenvalue weighted by molar-refractivity contribution is 7.22. The zero-order chi connectivity index (χ0) is 26.1. The van der Waals surface area contributed by atoms with Crippen LogP contribution in [0, 0.1) is 6.92 Å². The summed E-state index contributed by atoms with van der Waals surface area (Å²) in [5.74, 6) is 7.62. The van der Waals surface area contributed by atoms with Crippen molar-refractivity contribution in [3.63, 3.8) is 0 Å². The Kier molecular flexibility index (Phi) is 10.2. The van der Waals surface area contributed by atoms with E-state index >= 15 is 0 Å². The van der Waals surface area contributed by atoms with Crippen molar-refractivity contribution in [2.24, 2.45) is 23.7 Å². The molecule has 11 heteroatoms. The van der Waals surface area contributed by atoms with Crippen LogP contribution in [0.2, 0.25) is 0 Å². The number of hydrazone groups is 1. The van der Waals surface area contributed by atoms with Crippen LogP contribution in [0.1, 0.15) is 59.6 Å². The fourth-order valence-electron chi connectivity index (χ4n) is 3.31. The molecule has 0 amide bonds. The van der Waals surface area contributed by atoms with Gasteiger partial charge in [-0.3, -0.25) is 4.68 Å². The van der Waals surface area contributed by atoms with Gasteiger partial charge >= 0.3 is 0 Å². The predicted molar refractivity (Wildman–Crippen MR) is 148 cm³/mol. The SMILES string of the molecule is CC.CC.Cc1c(-c2ccn(C(C)C)n2)sc2nc(-c3nccn3C)nc(NCC/C(N)=N/N)c12. The van der Waals surface area contributed by atoms with Gasteiger partial charge in [0.2, 0.25) is 0 Å². The minimum Gasteiger partial charge on any atom is -0.386 e. The monoisotopic (exact) mass is 498 g/mol. The van der Waals surface area contributed by atoms with Gasteiger partial charge in [0.25, 0.3) is 0 Å². The zero-order valence-corrected chi connectivity index (χ0v) is 22.8. The molecule has 0 aliphatic rings. The van der Waals surface area contributed by atoms with E-state index in [9.17, 15) is 0 Å². The number of nitrogens with one attached hydrogen (secondary N) is 1. The van der Waals surface area contributed by atoms with E-state index in [1.165, 1.54) is 0 Å². The first kappa shape index (κ1) is 27.8. The Morgan fingerprint density at radius 2 is 1.89 bits per heavy atom.